The molecule has 98 valence electrons. The summed E-state index contributed by atoms with van der Waals surface area (Å²) in [6, 6.07) is 6.90. The van der Waals surface area contributed by atoms with Gasteiger partial charge >= 0.3 is 5.97 Å². The van der Waals surface area contributed by atoms with E-state index in [1.165, 1.54) is 7.11 Å². The number of benzene rings is 1. The fourth-order valence-electron chi connectivity index (χ4n) is 2.50. The molecule has 1 aromatic rings. The minimum Gasteiger partial charge on any atom is -0.508 e. The van der Waals surface area contributed by atoms with Crippen LogP contribution in [-0.2, 0) is 9.53 Å². The quantitative estimate of drug-likeness (QED) is 0.802. The SMILES string of the molecule is COC(=O)C(c1ccc(O)cc1)C1CCCCN1. The summed E-state index contributed by atoms with van der Waals surface area (Å²) in [7, 11) is 1.42. The van der Waals surface area contributed by atoms with E-state index in [0.29, 0.717) is 0 Å². The van der Waals surface area contributed by atoms with Gasteiger partial charge in [-0.15, -0.1) is 0 Å². The van der Waals surface area contributed by atoms with Gasteiger partial charge in [0.15, 0.2) is 0 Å². The third-order valence-corrected chi connectivity index (χ3v) is 3.46. The van der Waals surface area contributed by atoms with Crippen LogP contribution < -0.4 is 5.32 Å². The molecule has 0 spiro atoms. The van der Waals surface area contributed by atoms with Gasteiger partial charge in [-0.1, -0.05) is 18.6 Å². The van der Waals surface area contributed by atoms with Crippen LogP contribution in [0.2, 0.25) is 0 Å². The van der Waals surface area contributed by atoms with Gasteiger partial charge in [-0.05, 0) is 37.1 Å². The number of phenolic OH excluding ortho intramolecular Hbond substituents is 1. The molecular weight excluding hydrogens is 230 g/mol. The number of phenols is 1. The number of hydrogen-bond acceptors (Lipinski definition) is 4. The van der Waals surface area contributed by atoms with Crippen molar-refractivity contribution in [3.05, 3.63) is 29.8 Å². The first-order chi connectivity index (χ1) is 8.72. The van der Waals surface area contributed by atoms with Gasteiger partial charge in [-0.25, -0.2) is 0 Å². The maximum atomic E-state index is 12.0. The maximum Gasteiger partial charge on any atom is 0.314 e. The minimum absolute atomic E-state index is 0.121. The van der Waals surface area contributed by atoms with Gasteiger partial charge in [0, 0.05) is 6.04 Å². The number of carbonyl (C=O) groups is 1. The van der Waals surface area contributed by atoms with Gasteiger partial charge in [-0.3, -0.25) is 4.79 Å². The molecule has 2 atom stereocenters. The van der Waals surface area contributed by atoms with Crippen molar-refractivity contribution in [3.63, 3.8) is 0 Å². The molecule has 0 amide bonds. The van der Waals surface area contributed by atoms with Crippen LogP contribution in [0, 0.1) is 0 Å². The highest BCUT2D eigenvalue weighted by Gasteiger charge is 2.31. The van der Waals surface area contributed by atoms with E-state index in [-0.39, 0.29) is 23.7 Å². The highest BCUT2D eigenvalue weighted by atomic mass is 16.5. The van der Waals surface area contributed by atoms with Crippen molar-refractivity contribution < 1.29 is 14.6 Å². The lowest BCUT2D eigenvalue weighted by Gasteiger charge is -2.30. The molecule has 0 saturated carbocycles. The summed E-state index contributed by atoms with van der Waals surface area (Å²) in [6.07, 6.45) is 3.25. The third kappa shape index (κ3) is 2.82. The van der Waals surface area contributed by atoms with Crippen molar-refractivity contribution >= 4 is 5.97 Å². The summed E-state index contributed by atoms with van der Waals surface area (Å²) in [5.41, 5.74) is 0.888. The van der Waals surface area contributed by atoms with Crippen LogP contribution in [0.25, 0.3) is 0 Å². The van der Waals surface area contributed by atoms with E-state index in [0.717, 1.165) is 31.4 Å². The molecule has 2 rings (SSSR count). The Morgan fingerprint density at radius 1 is 1.39 bits per heavy atom. The number of piperidine rings is 1. The largest absolute Gasteiger partial charge is 0.508 e. The molecule has 0 bridgehead atoms. The van der Waals surface area contributed by atoms with Crippen LogP contribution in [0.3, 0.4) is 0 Å². The molecule has 2 unspecified atom stereocenters. The van der Waals surface area contributed by atoms with E-state index >= 15 is 0 Å². The van der Waals surface area contributed by atoms with Gasteiger partial charge in [0.05, 0.1) is 13.0 Å². The van der Waals surface area contributed by atoms with E-state index in [9.17, 15) is 9.90 Å². The number of ether oxygens (including phenoxy) is 1. The summed E-state index contributed by atoms with van der Waals surface area (Å²) in [5, 5.41) is 12.7. The number of esters is 1. The second-order valence-electron chi connectivity index (χ2n) is 4.65. The molecular formula is C14H19NO3. The lowest BCUT2D eigenvalue weighted by molar-refractivity contribution is -0.143. The molecule has 2 N–H and O–H groups in total. The Kier molecular flexibility index (Phi) is 4.20. The van der Waals surface area contributed by atoms with E-state index in [4.69, 9.17) is 4.74 Å². The molecule has 0 radical (unpaired) electrons. The Morgan fingerprint density at radius 2 is 2.11 bits per heavy atom. The van der Waals surface area contributed by atoms with Crippen molar-refractivity contribution in [2.45, 2.75) is 31.2 Å². The second-order valence-corrected chi connectivity index (χ2v) is 4.65. The second kappa shape index (κ2) is 5.87. The average Bonchev–Trinajstić information content (AvgIpc) is 2.42. The Morgan fingerprint density at radius 3 is 2.67 bits per heavy atom. The van der Waals surface area contributed by atoms with Crippen molar-refractivity contribution in [2.75, 3.05) is 13.7 Å². The van der Waals surface area contributed by atoms with E-state index in [1.807, 2.05) is 0 Å². The average molecular weight is 249 g/mol. The fraction of sp³-hybridized carbons (Fsp3) is 0.500. The Bertz CT molecular complexity index is 396. The summed E-state index contributed by atoms with van der Waals surface area (Å²) < 4.78 is 4.91. The predicted molar refractivity (Wildman–Crippen MR) is 68.5 cm³/mol. The zero-order chi connectivity index (χ0) is 13.0. The van der Waals surface area contributed by atoms with Crippen molar-refractivity contribution in [1.82, 2.24) is 5.32 Å². The first kappa shape index (κ1) is 12.9. The first-order valence-electron chi connectivity index (χ1n) is 6.32. The van der Waals surface area contributed by atoms with Crippen LogP contribution >= 0.6 is 0 Å². The molecule has 1 heterocycles. The number of methoxy groups -OCH3 is 1. The Balaban J connectivity index is 2.23. The molecule has 0 aliphatic carbocycles. The van der Waals surface area contributed by atoms with Gasteiger partial charge in [0.2, 0.25) is 0 Å². The zero-order valence-electron chi connectivity index (χ0n) is 10.6. The van der Waals surface area contributed by atoms with Gasteiger partial charge in [0.25, 0.3) is 0 Å². The minimum atomic E-state index is -0.295. The molecule has 1 fully saturated rings. The van der Waals surface area contributed by atoms with Gasteiger partial charge in [0.1, 0.15) is 5.75 Å². The standard InChI is InChI=1S/C14H19NO3/c1-18-14(17)13(12-4-2-3-9-15-12)10-5-7-11(16)8-6-10/h5-8,12-13,15-16H,2-4,9H2,1H3. The van der Waals surface area contributed by atoms with Crippen molar-refractivity contribution in [3.8, 4) is 5.75 Å². The zero-order valence-corrected chi connectivity index (χ0v) is 10.6. The molecule has 4 heteroatoms. The number of rotatable bonds is 3. The molecule has 1 saturated heterocycles. The topological polar surface area (TPSA) is 58.6 Å². The van der Waals surface area contributed by atoms with Crippen LogP contribution in [0.1, 0.15) is 30.7 Å². The van der Waals surface area contributed by atoms with Crippen LogP contribution in [-0.4, -0.2) is 30.8 Å². The van der Waals surface area contributed by atoms with Crippen LogP contribution in [0.4, 0.5) is 0 Å². The van der Waals surface area contributed by atoms with E-state index < -0.39 is 0 Å². The molecule has 18 heavy (non-hydrogen) atoms. The van der Waals surface area contributed by atoms with Crippen molar-refractivity contribution in [1.29, 1.82) is 0 Å². The first-order valence-corrected chi connectivity index (χ1v) is 6.32. The maximum absolute atomic E-state index is 12.0. The number of hydrogen-bond donors (Lipinski definition) is 2. The summed E-state index contributed by atoms with van der Waals surface area (Å²) >= 11 is 0. The summed E-state index contributed by atoms with van der Waals surface area (Å²) in [4.78, 5) is 12.0. The normalized spacial score (nSPS) is 21.3. The molecule has 1 aliphatic rings. The van der Waals surface area contributed by atoms with Crippen molar-refractivity contribution in [2.24, 2.45) is 0 Å². The Labute approximate surface area is 107 Å². The van der Waals surface area contributed by atoms with E-state index in [1.54, 1.807) is 24.3 Å². The molecule has 1 aliphatic heterocycles. The van der Waals surface area contributed by atoms with Crippen LogP contribution in [0.5, 0.6) is 5.75 Å². The highest BCUT2D eigenvalue weighted by molar-refractivity contribution is 5.79. The Hall–Kier alpha value is -1.55. The number of aromatic hydroxyl groups is 1. The lowest BCUT2D eigenvalue weighted by atomic mass is 9.86. The number of carbonyl (C=O) groups excluding carboxylic acids is 1. The molecule has 1 aromatic carbocycles. The highest BCUT2D eigenvalue weighted by Crippen LogP contribution is 2.27. The smallest absolute Gasteiger partial charge is 0.314 e. The van der Waals surface area contributed by atoms with E-state index in [2.05, 4.69) is 5.32 Å². The number of nitrogens with one attached hydrogen (secondary N) is 1. The monoisotopic (exact) mass is 249 g/mol. The molecule has 0 aromatic heterocycles. The summed E-state index contributed by atoms with van der Waals surface area (Å²) in [5.74, 6) is -0.310. The molecule has 4 nitrogen and oxygen atoms in total. The summed E-state index contributed by atoms with van der Waals surface area (Å²) in [6.45, 7) is 0.941. The van der Waals surface area contributed by atoms with Gasteiger partial charge in [-0.2, -0.15) is 0 Å². The van der Waals surface area contributed by atoms with Gasteiger partial charge < -0.3 is 15.2 Å². The fourth-order valence-corrected chi connectivity index (χ4v) is 2.50. The predicted octanol–water partition coefficient (Wildman–Crippen LogP) is 1.79. The lowest BCUT2D eigenvalue weighted by Crippen LogP contribution is -2.42. The third-order valence-electron chi connectivity index (χ3n) is 3.46. The van der Waals surface area contributed by atoms with Crippen LogP contribution in [0.15, 0.2) is 24.3 Å².